The molecule has 1 fully saturated rings. The van der Waals surface area contributed by atoms with E-state index in [9.17, 15) is 4.79 Å². The summed E-state index contributed by atoms with van der Waals surface area (Å²) in [5.41, 5.74) is 0.740. The van der Waals surface area contributed by atoms with E-state index in [1.54, 1.807) is 20.0 Å². The Labute approximate surface area is 161 Å². The topological polar surface area (TPSA) is 85.1 Å². The molecule has 7 nitrogen and oxygen atoms in total. The average Bonchev–Trinajstić information content (AvgIpc) is 3.28. The van der Waals surface area contributed by atoms with Gasteiger partial charge in [-0.3, -0.25) is 4.99 Å². The Morgan fingerprint density at radius 3 is 2.70 bits per heavy atom. The normalized spacial score (nSPS) is 16.4. The minimum Gasteiger partial charge on any atom is -0.465 e. The highest BCUT2D eigenvalue weighted by Gasteiger charge is 2.33. The van der Waals surface area contributed by atoms with E-state index in [1.807, 2.05) is 6.92 Å². The molecule has 2 rings (SSSR count). The summed E-state index contributed by atoms with van der Waals surface area (Å²) in [7, 11) is 3.12. The van der Waals surface area contributed by atoms with E-state index in [4.69, 9.17) is 13.9 Å². The summed E-state index contributed by atoms with van der Waals surface area (Å²) < 4.78 is 16.0. The minimum atomic E-state index is -0.387. The predicted molar refractivity (Wildman–Crippen MR) is 105 cm³/mol. The SMILES string of the molecule is CCOCCC1(CNC(=NC)NCc2cc(C(=O)OC)c(C)o2)CCCC1. The van der Waals surface area contributed by atoms with Crippen molar-refractivity contribution in [2.45, 2.75) is 52.5 Å². The van der Waals surface area contributed by atoms with E-state index in [1.165, 1.54) is 32.8 Å². The molecule has 0 bridgehead atoms. The second-order valence-corrected chi connectivity index (χ2v) is 7.11. The van der Waals surface area contributed by atoms with Gasteiger partial charge in [0.15, 0.2) is 5.96 Å². The number of aryl methyl sites for hydroxylation is 1. The Morgan fingerprint density at radius 2 is 2.07 bits per heavy atom. The van der Waals surface area contributed by atoms with Crippen molar-refractivity contribution in [3.8, 4) is 0 Å². The lowest BCUT2D eigenvalue weighted by Crippen LogP contribution is -2.43. The van der Waals surface area contributed by atoms with Gasteiger partial charge in [-0.2, -0.15) is 0 Å². The zero-order valence-electron chi connectivity index (χ0n) is 17.0. The third-order valence-corrected chi connectivity index (χ3v) is 5.30. The maximum Gasteiger partial charge on any atom is 0.341 e. The van der Waals surface area contributed by atoms with Crippen molar-refractivity contribution in [1.82, 2.24) is 10.6 Å². The van der Waals surface area contributed by atoms with Crippen LogP contribution < -0.4 is 10.6 Å². The molecular weight excluding hydrogens is 346 g/mol. The second kappa shape index (κ2) is 10.3. The largest absolute Gasteiger partial charge is 0.465 e. The zero-order valence-corrected chi connectivity index (χ0v) is 17.0. The Morgan fingerprint density at radius 1 is 1.33 bits per heavy atom. The first kappa shape index (κ1) is 21.3. The van der Waals surface area contributed by atoms with Crippen LogP contribution in [0.5, 0.6) is 0 Å². The summed E-state index contributed by atoms with van der Waals surface area (Å²) in [6, 6.07) is 1.71. The third-order valence-electron chi connectivity index (χ3n) is 5.30. The number of hydrogen-bond acceptors (Lipinski definition) is 5. The molecule has 0 unspecified atom stereocenters. The van der Waals surface area contributed by atoms with Gasteiger partial charge in [0.05, 0.1) is 13.7 Å². The summed E-state index contributed by atoms with van der Waals surface area (Å²) in [6.07, 6.45) is 6.09. The maximum atomic E-state index is 11.7. The fourth-order valence-electron chi connectivity index (χ4n) is 3.68. The Kier molecular flexibility index (Phi) is 8.16. The average molecular weight is 380 g/mol. The number of carbonyl (C=O) groups is 1. The van der Waals surface area contributed by atoms with Gasteiger partial charge in [0.2, 0.25) is 0 Å². The van der Waals surface area contributed by atoms with Crippen LogP contribution in [0.2, 0.25) is 0 Å². The van der Waals surface area contributed by atoms with Crippen molar-refractivity contribution in [3.05, 3.63) is 23.2 Å². The number of methoxy groups -OCH3 is 1. The first-order valence-corrected chi connectivity index (χ1v) is 9.73. The number of nitrogens with one attached hydrogen (secondary N) is 2. The van der Waals surface area contributed by atoms with Crippen LogP contribution in [-0.4, -0.2) is 45.8 Å². The molecule has 0 aromatic carbocycles. The summed E-state index contributed by atoms with van der Waals surface area (Å²) in [5.74, 6) is 1.57. The molecule has 1 aliphatic rings. The van der Waals surface area contributed by atoms with Crippen LogP contribution >= 0.6 is 0 Å². The molecule has 1 aromatic rings. The fourth-order valence-corrected chi connectivity index (χ4v) is 3.68. The van der Waals surface area contributed by atoms with Crippen LogP contribution in [0.1, 0.15) is 60.9 Å². The van der Waals surface area contributed by atoms with Crippen molar-refractivity contribution in [2.24, 2.45) is 10.4 Å². The molecule has 0 saturated heterocycles. The van der Waals surface area contributed by atoms with E-state index in [-0.39, 0.29) is 11.4 Å². The van der Waals surface area contributed by atoms with Crippen molar-refractivity contribution < 1.29 is 18.7 Å². The molecule has 0 radical (unpaired) electrons. The molecule has 7 heteroatoms. The number of guanidine groups is 1. The lowest BCUT2D eigenvalue weighted by atomic mass is 9.83. The fraction of sp³-hybridized carbons (Fsp3) is 0.700. The summed E-state index contributed by atoms with van der Waals surface area (Å²) >= 11 is 0. The van der Waals surface area contributed by atoms with Gasteiger partial charge in [-0.05, 0) is 44.6 Å². The highest BCUT2D eigenvalue weighted by atomic mass is 16.5. The standard InChI is InChI=1S/C20H33N3O4/c1-5-26-11-10-20(8-6-7-9-20)14-23-19(21-3)22-13-16-12-17(15(2)27-16)18(24)25-4/h12H,5-11,13-14H2,1-4H3,(H2,21,22,23). The van der Waals surface area contributed by atoms with Gasteiger partial charge in [-0.25, -0.2) is 4.79 Å². The lowest BCUT2D eigenvalue weighted by molar-refractivity contribution is 0.0598. The Balaban J connectivity index is 1.87. The third kappa shape index (κ3) is 5.99. The molecule has 152 valence electrons. The smallest absolute Gasteiger partial charge is 0.341 e. The number of nitrogens with zero attached hydrogens (tertiary/aromatic N) is 1. The lowest BCUT2D eigenvalue weighted by Gasteiger charge is -2.30. The number of furan rings is 1. The zero-order chi connectivity index (χ0) is 19.7. The van der Waals surface area contributed by atoms with Gasteiger partial charge in [-0.15, -0.1) is 0 Å². The van der Waals surface area contributed by atoms with E-state index in [0.717, 1.165) is 32.1 Å². The van der Waals surface area contributed by atoms with Crippen LogP contribution in [0, 0.1) is 12.3 Å². The quantitative estimate of drug-likeness (QED) is 0.297. The first-order chi connectivity index (χ1) is 13.0. The van der Waals surface area contributed by atoms with Gasteiger partial charge < -0.3 is 24.5 Å². The van der Waals surface area contributed by atoms with E-state index < -0.39 is 0 Å². The number of carbonyl (C=O) groups excluding carboxylic acids is 1. The molecule has 1 saturated carbocycles. The molecule has 0 aliphatic heterocycles. The molecule has 1 aliphatic carbocycles. The summed E-state index contributed by atoms with van der Waals surface area (Å²) in [4.78, 5) is 16.0. The molecule has 2 N–H and O–H groups in total. The highest BCUT2D eigenvalue weighted by Crippen LogP contribution is 2.40. The number of aliphatic imine (C=N–C) groups is 1. The number of rotatable bonds is 9. The predicted octanol–water partition coefficient (Wildman–Crippen LogP) is 3.03. The number of hydrogen-bond donors (Lipinski definition) is 2. The van der Waals surface area contributed by atoms with Crippen LogP contribution in [0.4, 0.5) is 0 Å². The van der Waals surface area contributed by atoms with Crippen molar-refractivity contribution >= 4 is 11.9 Å². The van der Waals surface area contributed by atoms with Crippen molar-refractivity contribution in [3.63, 3.8) is 0 Å². The summed E-state index contributed by atoms with van der Waals surface area (Å²) in [5, 5.41) is 6.71. The summed E-state index contributed by atoms with van der Waals surface area (Å²) in [6.45, 7) is 6.70. The van der Waals surface area contributed by atoms with E-state index in [0.29, 0.717) is 23.6 Å². The monoisotopic (exact) mass is 379 g/mol. The maximum absolute atomic E-state index is 11.7. The first-order valence-electron chi connectivity index (χ1n) is 9.73. The molecule has 0 amide bonds. The van der Waals surface area contributed by atoms with Crippen molar-refractivity contribution in [1.29, 1.82) is 0 Å². The van der Waals surface area contributed by atoms with Gasteiger partial charge in [0.1, 0.15) is 17.1 Å². The van der Waals surface area contributed by atoms with Crippen molar-refractivity contribution in [2.75, 3.05) is 33.9 Å². The van der Waals surface area contributed by atoms with Gasteiger partial charge in [0, 0.05) is 26.8 Å². The molecule has 27 heavy (non-hydrogen) atoms. The molecule has 1 aromatic heterocycles. The van der Waals surface area contributed by atoms with Crippen LogP contribution in [0.25, 0.3) is 0 Å². The molecular formula is C20H33N3O4. The van der Waals surface area contributed by atoms with Gasteiger partial charge >= 0.3 is 5.97 Å². The molecule has 0 spiro atoms. The molecule has 1 heterocycles. The van der Waals surface area contributed by atoms with Gasteiger partial charge in [0.25, 0.3) is 0 Å². The van der Waals surface area contributed by atoms with Gasteiger partial charge in [-0.1, -0.05) is 12.8 Å². The second-order valence-electron chi connectivity index (χ2n) is 7.11. The highest BCUT2D eigenvalue weighted by molar-refractivity contribution is 5.90. The van der Waals surface area contributed by atoms with Crippen LogP contribution in [0.3, 0.4) is 0 Å². The van der Waals surface area contributed by atoms with E-state index in [2.05, 4.69) is 15.6 Å². The Bertz CT molecular complexity index is 633. The van der Waals surface area contributed by atoms with E-state index >= 15 is 0 Å². The molecule has 0 atom stereocenters. The van der Waals surface area contributed by atoms with Crippen LogP contribution in [-0.2, 0) is 16.0 Å². The Hall–Kier alpha value is -2.02. The number of ether oxygens (including phenoxy) is 2. The number of esters is 1. The van der Waals surface area contributed by atoms with Crippen LogP contribution in [0.15, 0.2) is 15.5 Å². The minimum absolute atomic E-state index is 0.284.